The van der Waals surface area contributed by atoms with Crippen molar-refractivity contribution in [2.24, 2.45) is 0 Å². The van der Waals surface area contributed by atoms with E-state index in [1.165, 1.54) is 12.1 Å². The predicted molar refractivity (Wildman–Crippen MR) is 82.5 cm³/mol. The second-order valence-electron chi connectivity index (χ2n) is 3.13. The van der Waals surface area contributed by atoms with Crippen LogP contribution < -0.4 is 4.52 Å². The van der Waals surface area contributed by atoms with Crippen LogP contribution in [0.25, 0.3) is 0 Å². The summed E-state index contributed by atoms with van der Waals surface area (Å²) in [4.78, 5) is 0.0822. The molecule has 0 N–H and O–H groups in total. The first-order valence-electron chi connectivity index (χ1n) is 4.49. The summed E-state index contributed by atoms with van der Waals surface area (Å²) < 4.78 is 17.0. The van der Waals surface area contributed by atoms with Crippen LogP contribution in [-0.2, 0) is 4.57 Å². The SMILES string of the molecule is O=[PH](CC(Br)CBr)Oc1c(Cl)cc(Cl)cc1Cl. The summed E-state index contributed by atoms with van der Waals surface area (Å²) in [5.74, 6) is 0.218. The van der Waals surface area contributed by atoms with Gasteiger partial charge in [-0.2, -0.15) is 0 Å². The first-order chi connectivity index (χ1) is 7.93. The van der Waals surface area contributed by atoms with Gasteiger partial charge in [-0.25, -0.2) is 0 Å². The number of hydrogen-bond acceptors (Lipinski definition) is 2. The lowest BCUT2D eigenvalue weighted by atomic mass is 10.3. The van der Waals surface area contributed by atoms with Crippen molar-refractivity contribution in [2.75, 3.05) is 11.5 Å². The largest absolute Gasteiger partial charge is 0.442 e. The number of alkyl halides is 2. The van der Waals surface area contributed by atoms with Gasteiger partial charge in [0.15, 0.2) is 5.75 Å². The fourth-order valence-electron chi connectivity index (χ4n) is 1.02. The minimum atomic E-state index is -2.25. The Morgan fingerprint density at radius 1 is 1.29 bits per heavy atom. The maximum absolute atomic E-state index is 11.7. The monoisotopic (exact) mass is 442 g/mol. The highest BCUT2D eigenvalue weighted by molar-refractivity contribution is 9.12. The van der Waals surface area contributed by atoms with Gasteiger partial charge in [0, 0.05) is 21.3 Å². The molecule has 2 unspecified atom stereocenters. The molecule has 0 saturated carbocycles. The summed E-state index contributed by atoms with van der Waals surface area (Å²) in [6.45, 7) is 0. The molecule has 0 aliphatic carbocycles. The third-order valence-electron chi connectivity index (χ3n) is 1.73. The van der Waals surface area contributed by atoms with Crippen LogP contribution in [-0.4, -0.2) is 16.3 Å². The van der Waals surface area contributed by atoms with E-state index in [0.29, 0.717) is 16.5 Å². The van der Waals surface area contributed by atoms with Crippen LogP contribution in [0.3, 0.4) is 0 Å². The van der Waals surface area contributed by atoms with Gasteiger partial charge in [-0.1, -0.05) is 66.7 Å². The van der Waals surface area contributed by atoms with Gasteiger partial charge in [0.05, 0.1) is 10.0 Å². The van der Waals surface area contributed by atoms with Gasteiger partial charge in [-0.3, -0.25) is 4.57 Å². The third-order valence-corrected chi connectivity index (χ3v) is 6.67. The number of benzene rings is 1. The second-order valence-corrected chi connectivity index (χ2v) is 7.68. The lowest BCUT2D eigenvalue weighted by Crippen LogP contribution is -2.04. The fourth-order valence-corrected chi connectivity index (χ4v) is 4.52. The third kappa shape index (κ3) is 5.30. The molecule has 1 rings (SSSR count). The van der Waals surface area contributed by atoms with Crippen LogP contribution in [0.15, 0.2) is 12.1 Å². The van der Waals surface area contributed by atoms with Crippen LogP contribution in [0.4, 0.5) is 0 Å². The Morgan fingerprint density at radius 3 is 2.29 bits per heavy atom. The maximum Gasteiger partial charge on any atom is 0.238 e. The van der Waals surface area contributed by atoms with Crippen molar-refractivity contribution < 1.29 is 9.09 Å². The van der Waals surface area contributed by atoms with Gasteiger partial charge in [0.25, 0.3) is 0 Å². The fraction of sp³-hybridized carbons (Fsp3) is 0.333. The zero-order chi connectivity index (χ0) is 13.0. The first-order valence-corrected chi connectivity index (χ1v) is 9.18. The summed E-state index contributed by atoms with van der Waals surface area (Å²) >= 11 is 24.2. The lowest BCUT2D eigenvalue weighted by molar-refractivity contribution is 0.505. The molecule has 0 heterocycles. The van der Waals surface area contributed by atoms with E-state index in [-0.39, 0.29) is 20.6 Å². The van der Waals surface area contributed by atoms with E-state index in [1.807, 2.05) is 0 Å². The molecular formula is C9H8Br2Cl3O2P. The molecule has 1 aromatic rings. The van der Waals surface area contributed by atoms with E-state index >= 15 is 0 Å². The van der Waals surface area contributed by atoms with E-state index in [9.17, 15) is 4.57 Å². The van der Waals surface area contributed by atoms with E-state index in [0.717, 1.165) is 0 Å². The Kier molecular flexibility index (Phi) is 7.23. The molecule has 0 aromatic heterocycles. The summed E-state index contributed by atoms with van der Waals surface area (Å²) in [6.07, 6.45) is 0.394. The molecule has 0 bridgehead atoms. The Labute approximate surface area is 132 Å². The molecular weight excluding hydrogens is 437 g/mol. The van der Waals surface area contributed by atoms with E-state index in [1.54, 1.807) is 0 Å². The van der Waals surface area contributed by atoms with Gasteiger partial charge >= 0.3 is 0 Å². The second kappa shape index (κ2) is 7.62. The van der Waals surface area contributed by atoms with Crippen molar-refractivity contribution >= 4 is 74.7 Å². The van der Waals surface area contributed by atoms with Crippen LogP contribution in [0.1, 0.15) is 0 Å². The van der Waals surface area contributed by atoms with Gasteiger partial charge in [-0.15, -0.1) is 0 Å². The summed E-state index contributed by atoms with van der Waals surface area (Å²) in [6, 6.07) is 2.99. The van der Waals surface area contributed by atoms with E-state index < -0.39 is 8.03 Å². The van der Waals surface area contributed by atoms with Crippen LogP contribution in [0, 0.1) is 0 Å². The van der Waals surface area contributed by atoms with Crippen LogP contribution in [0.5, 0.6) is 5.75 Å². The Morgan fingerprint density at radius 2 is 1.82 bits per heavy atom. The highest BCUT2D eigenvalue weighted by atomic mass is 79.9. The Bertz CT molecular complexity index is 408. The van der Waals surface area contributed by atoms with Gasteiger partial charge in [-0.05, 0) is 12.1 Å². The molecule has 2 atom stereocenters. The number of halogens is 5. The van der Waals surface area contributed by atoms with Crippen molar-refractivity contribution in [3.05, 3.63) is 27.2 Å². The minimum Gasteiger partial charge on any atom is -0.442 e. The standard InChI is InChI=1S/C9H8Br2Cl3O2P/c10-3-5(11)4-17(15)16-9-7(13)1-6(12)2-8(9)14/h1-2,5,17H,3-4H2. The highest BCUT2D eigenvalue weighted by Gasteiger charge is 2.14. The van der Waals surface area contributed by atoms with Crippen LogP contribution >= 0.6 is 74.7 Å². The van der Waals surface area contributed by atoms with Crippen molar-refractivity contribution in [1.29, 1.82) is 0 Å². The van der Waals surface area contributed by atoms with Gasteiger partial charge < -0.3 is 4.52 Å². The van der Waals surface area contributed by atoms with Crippen molar-refractivity contribution in [2.45, 2.75) is 4.83 Å². The smallest absolute Gasteiger partial charge is 0.238 e. The maximum atomic E-state index is 11.7. The number of hydrogen-bond donors (Lipinski definition) is 0. The lowest BCUT2D eigenvalue weighted by Gasteiger charge is -2.11. The van der Waals surface area contributed by atoms with Crippen molar-refractivity contribution in [3.8, 4) is 5.75 Å². The highest BCUT2D eigenvalue weighted by Crippen LogP contribution is 2.41. The molecule has 2 nitrogen and oxygen atoms in total. The van der Waals surface area contributed by atoms with E-state index in [4.69, 9.17) is 39.3 Å². The summed E-state index contributed by atoms with van der Waals surface area (Å²) in [5.41, 5.74) is 0. The van der Waals surface area contributed by atoms with Crippen LogP contribution in [0.2, 0.25) is 15.1 Å². The summed E-state index contributed by atoms with van der Waals surface area (Å²) in [5, 5.41) is 1.61. The molecule has 0 aliphatic rings. The predicted octanol–water partition coefficient (Wildman–Crippen LogP) is 5.66. The normalized spacial score (nSPS) is 14.4. The molecule has 17 heavy (non-hydrogen) atoms. The van der Waals surface area contributed by atoms with Crippen molar-refractivity contribution in [3.63, 3.8) is 0 Å². The molecule has 0 saturated heterocycles. The molecule has 96 valence electrons. The molecule has 0 amide bonds. The molecule has 0 fully saturated rings. The Balaban J connectivity index is 2.78. The Hall–Kier alpha value is 1.08. The molecule has 0 radical (unpaired) electrons. The average Bonchev–Trinajstić information content (AvgIpc) is 2.23. The molecule has 0 spiro atoms. The quantitative estimate of drug-likeness (QED) is 0.432. The molecule has 0 aliphatic heterocycles. The minimum absolute atomic E-state index is 0.0822. The molecule has 1 aromatic carbocycles. The topological polar surface area (TPSA) is 26.3 Å². The first kappa shape index (κ1) is 16.1. The van der Waals surface area contributed by atoms with E-state index in [2.05, 4.69) is 31.9 Å². The van der Waals surface area contributed by atoms with Gasteiger partial charge in [0.1, 0.15) is 0 Å². The average molecular weight is 445 g/mol. The zero-order valence-electron chi connectivity index (χ0n) is 8.35. The molecule has 8 heteroatoms. The zero-order valence-corrected chi connectivity index (χ0v) is 14.8. The summed E-state index contributed by atoms with van der Waals surface area (Å²) in [7, 11) is -2.25. The number of rotatable bonds is 5. The van der Waals surface area contributed by atoms with Crippen molar-refractivity contribution in [1.82, 2.24) is 0 Å². The van der Waals surface area contributed by atoms with Gasteiger partial charge in [0.2, 0.25) is 8.03 Å².